The summed E-state index contributed by atoms with van der Waals surface area (Å²) in [6, 6.07) is 6.35. The lowest BCUT2D eigenvalue weighted by molar-refractivity contribution is -0.138. The van der Waals surface area contributed by atoms with Crippen molar-refractivity contribution in [3.05, 3.63) is 41.8 Å². The van der Waals surface area contributed by atoms with Crippen LogP contribution in [0, 0.1) is 11.7 Å². The van der Waals surface area contributed by atoms with Crippen LogP contribution in [0.3, 0.4) is 0 Å². The first-order chi connectivity index (χ1) is 15.1. The SMILES string of the molecule is CC(C)(Sc1cnc(NC(=O)N(CCc2ccc(F)cc2)[C@H]2CC[C@H](C)CC2)s1)C(=O)O. The number of thioether (sulfide) groups is 1. The Morgan fingerprint density at radius 2 is 1.91 bits per heavy atom. The number of urea groups is 1. The van der Waals surface area contributed by atoms with Crippen molar-refractivity contribution < 1.29 is 19.1 Å². The standard InChI is InChI=1S/C23H30FN3O3S2/c1-15-4-10-18(11-5-15)27(13-12-16-6-8-17(24)9-7-16)22(30)26-21-25-14-19(31-21)32-23(2,3)20(28)29/h6-9,14-15,18H,4-5,10-13H2,1-3H3,(H,28,29)(H,25,26,30)/t15-,18-. The zero-order valence-corrected chi connectivity index (χ0v) is 20.3. The number of carboxylic acid groups (broad SMARTS) is 1. The molecule has 3 rings (SSSR count). The number of nitrogens with zero attached hydrogens (tertiary/aromatic N) is 2. The predicted molar refractivity (Wildman–Crippen MR) is 127 cm³/mol. The molecule has 0 saturated heterocycles. The van der Waals surface area contributed by atoms with E-state index in [9.17, 15) is 19.1 Å². The fourth-order valence-corrected chi connectivity index (χ4v) is 5.99. The number of amides is 2. The lowest BCUT2D eigenvalue weighted by Crippen LogP contribution is -2.45. The third-order valence-corrected chi connectivity index (χ3v) is 8.01. The lowest BCUT2D eigenvalue weighted by Gasteiger charge is -2.36. The number of halogens is 1. The van der Waals surface area contributed by atoms with Crippen molar-refractivity contribution in [3.8, 4) is 0 Å². The summed E-state index contributed by atoms with van der Waals surface area (Å²) in [5.74, 6) is -0.502. The van der Waals surface area contributed by atoms with Crippen LogP contribution in [0.15, 0.2) is 34.7 Å². The number of hydrogen-bond acceptors (Lipinski definition) is 5. The molecule has 1 fully saturated rings. The van der Waals surface area contributed by atoms with Gasteiger partial charge in [-0.2, -0.15) is 0 Å². The van der Waals surface area contributed by atoms with Gasteiger partial charge in [0.05, 0.1) is 10.4 Å². The van der Waals surface area contributed by atoms with Crippen molar-refractivity contribution in [2.45, 2.75) is 67.9 Å². The van der Waals surface area contributed by atoms with Crippen molar-refractivity contribution in [1.82, 2.24) is 9.88 Å². The first kappa shape index (κ1) is 24.5. The number of carbonyl (C=O) groups excluding carboxylic acids is 1. The van der Waals surface area contributed by atoms with E-state index < -0.39 is 10.7 Å². The van der Waals surface area contributed by atoms with Crippen LogP contribution in [-0.2, 0) is 11.2 Å². The number of nitrogens with one attached hydrogen (secondary N) is 1. The van der Waals surface area contributed by atoms with E-state index in [1.54, 1.807) is 32.2 Å². The summed E-state index contributed by atoms with van der Waals surface area (Å²) in [7, 11) is 0. The molecule has 0 unspecified atom stereocenters. The maximum Gasteiger partial charge on any atom is 0.323 e. The highest BCUT2D eigenvalue weighted by Crippen LogP contribution is 2.37. The summed E-state index contributed by atoms with van der Waals surface area (Å²) in [4.78, 5) is 30.7. The van der Waals surface area contributed by atoms with Crippen LogP contribution in [0.5, 0.6) is 0 Å². The van der Waals surface area contributed by atoms with E-state index in [1.807, 2.05) is 4.90 Å². The zero-order chi connectivity index (χ0) is 23.3. The molecule has 2 amide bonds. The molecule has 174 valence electrons. The smallest absolute Gasteiger partial charge is 0.323 e. The van der Waals surface area contributed by atoms with Gasteiger partial charge in [0.25, 0.3) is 0 Å². The minimum atomic E-state index is -0.978. The third-order valence-electron chi connectivity index (χ3n) is 5.81. The first-order valence-corrected chi connectivity index (χ1v) is 12.5. The van der Waals surface area contributed by atoms with Crippen LogP contribution in [0.1, 0.15) is 52.0 Å². The van der Waals surface area contributed by atoms with E-state index in [2.05, 4.69) is 17.2 Å². The topological polar surface area (TPSA) is 82.5 Å². The fraction of sp³-hybridized carbons (Fsp3) is 0.522. The summed E-state index contributed by atoms with van der Waals surface area (Å²) >= 11 is 2.48. The number of benzene rings is 1. The van der Waals surface area contributed by atoms with Crippen LogP contribution in [0.2, 0.25) is 0 Å². The second-order valence-electron chi connectivity index (χ2n) is 8.82. The average Bonchev–Trinajstić information content (AvgIpc) is 3.16. The van der Waals surface area contributed by atoms with Gasteiger partial charge in [-0.1, -0.05) is 42.2 Å². The highest BCUT2D eigenvalue weighted by atomic mass is 32.2. The third kappa shape index (κ3) is 6.68. The Bertz CT molecular complexity index is 925. The molecule has 1 heterocycles. The number of carbonyl (C=O) groups is 2. The molecular weight excluding hydrogens is 449 g/mol. The van der Waals surface area contributed by atoms with Crippen LogP contribution in [0.25, 0.3) is 0 Å². The number of aliphatic carboxylic acids is 1. The van der Waals surface area contributed by atoms with Crippen molar-refractivity contribution in [1.29, 1.82) is 0 Å². The van der Waals surface area contributed by atoms with Gasteiger partial charge in [0.15, 0.2) is 5.13 Å². The molecule has 0 bridgehead atoms. The molecule has 6 nitrogen and oxygen atoms in total. The molecule has 9 heteroatoms. The van der Waals surface area contributed by atoms with E-state index in [4.69, 9.17) is 0 Å². The highest BCUT2D eigenvalue weighted by molar-refractivity contribution is 8.03. The molecule has 1 aliphatic carbocycles. The first-order valence-electron chi connectivity index (χ1n) is 10.8. The number of rotatable bonds is 8. The molecule has 0 radical (unpaired) electrons. The summed E-state index contributed by atoms with van der Waals surface area (Å²) in [5, 5.41) is 12.7. The second kappa shape index (κ2) is 10.7. The maximum atomic E-state index is 13.2. The van der Waals surface area contributed by atoms with E-state index >= 15 is 0 Å². The fourth-order valence-electron chi connectivity index (χ4n) is 3.73. The van der Waals surface area contributed by atoms with Gasteiger partial charge in [-0.25, -0.2) is 14.2 Å². The molecule has 1 aliphatic rings. The van der Waals surface area contributed by atoms with Gasteiger partial charge in [-0.15, -0.1) is 0 Å². The number of anilines is 1. The Morgan fingerprint density at radius 3 is 2.53 bits per heavy atom. The molecule has 2 aromatic rings. The monoisotopic (exact) mass is 479 g/mol. The van der Waals surface area contributed by atoms with E-state index in [1.165, 1.54) is 35.2 Å². The van der Waals surface area contributed by atoms with Crippen LogP contribution >= 0.6 is 23.1 Å². The highest BCUT2D eigenvalue weighted by Gasteiger charge is 2.30. The number of aromatic nitrogens is 1. The maximum absolute atomic E-state index is 13.2. The Labute approximate surface area is 196 Å². The van der Waals surface area contributed by atoms with Crippen LogP contribution in [0.4, 0.5) is 14.3 Å². The van der Waals surface area contributed by atoms with Crippen LogP contribution in [-0.4, -0.2) is 44.3 Å². The molecule has 1 saturated carbocycles. The van der Waals surface area contributed by atoms with Crippen molar-refractivity contribution in [2.24, 2.45) is 5.92 Å². The zero-order valence-electron chi connectivity index (χ0n) is 18.6. The van der Waals surface area contributed by atoms with E-state index in [0.717, 1.165) is 35.5 Å². The molecule has 0 spiro atoms. The van der Waals surface area contributed by atoms with Crippen molar-refractivity contribution in [3.63, 3.8) is 0 Å². The Kier molecular flexibility index (Phi) is 8.16. The number of thiazole rings is 1. The quantitative estimate of drug-likeness (QED) is 0.461. The summed E-state index contributed by atoms with van der Waals surface area (Å²) in [5.41, 5.74) is 0.984. The van der Waals surface area contributed by atoms with Gasteiger partial charge in [-0.05, 0) is 69.6 Å². The van der Waals surface area contributed by atoms with Gasteiger partial charge >= 0.3 is 12.0 Å². The molecule has 0 aliphatic heterocycles. The van der Waals surface area contributed by atoms with Gasteiger partial charge in [0.1, 0.15) is 10.6 Å². The minimum Gasteiger partial charge on any atom is -0.480 e. The van der Waals surface area contributed by atoms with Crippen molar-refractivity contribution >= 4 is 40.2 Å². The van der Waals surface area contributed by atoms with E-state index in [-0.39, 0.29) is 17.9 Å². The average molecular weight is 480 g/mol. The summed E-state index contributed by atoms with van der Waals surface area (Å²) in [6.45, 7) is 6.06. The Morgan fingerprint density at radius 1 is 1.25 bits per heavy atom. The predicted octanol–water partition coefficient (Wildman–Crippen LogP) is 5.89. The molecule has 2 N–H and O–H groups in total. The lowest BCUT2D eigenvalue weighted by atomic mass is 9.86. The summed E-state index contributed by atoms with van der Waals surface area (Å²) < 4.78 is 13.0. The van der Waals surface area contributed by atoms with Crippen LogP contribution < -0.4 is 5.32 Å². The van der Waals surface area contributed by atoms with Gasteiger partial charge < -0.3 is 10.0 Å². The minimum absolute atomic E-state index is 0.159. The molecule has 0 atom stereocenters. The Hall–Kier alpha value is -2.13. The molecular formula is C23H30FN3O3S2. The molecule has 1 aromatic carbocycles. The second-order valence-corrected chi connectivity index (χ2v) is 11.8. The van der Waals surface area contributed by atoms with Gasteiger partial charge in [0.2, 0.25) is 0 Å². The Balaban J connectivity index is 1.67. The molecule has 1 aromatic heterocycles. The number of carboxylic acids is 1. The normalized spacial score (nSPS) is 18.9. The number of hydrogen-bond donors (Lipinski definition) is 2. The van der Waals surface area contributed by atoms with Gasteiger partial charge in [0, 0.05) is 12.6 Å². The largest absolute Gasteiger partial charge is 0.480 e. The molecule has 32 heavy (non-hydrogen) atoms. The van der Waals surface area contributed by atoms with Crippen molar-refractivity contribution in [2.75, 3.05) is 11.9 Å². The summed E-state index contributed by atoms with van der Waals surface area (Å²) in [6.07, 6.45) is 6.35. The van der Waals surface area contributed by atoms with E-state index in [0.29, 0.717) is 24.0 Å². The van der Waals surface area contributed by atoms with Gasteiger partial charge in [-0.3, -0.25) is 10.1 Å².